The molecule has 0 spiro atoms. The molecule has 4 heteroatoms. The van der Waals surface area contributed by atoms with Gasteiger partial charge in [0.1, 0.15) is 5.65 Å². The number of aromatic nitrogens is 2. The minimum atomic E-state index is 0.486. The minimum absolute atomic E-state index is 0.486. The van der Waals surface area contributed by atoms with E-state index in [9.17, 15) is 0 Å². The summed E-state index contributed by atoms with van der Waals surface area (Å²) in [7, 11) is 0. The van der Waals surface area contributed by atoms with Crippen LogP contribution in [0.2, 0.25) is 0 Å². The van der Waals surface area contributed by atoms with Gasteiger partial charge in [-0.3, -0.25) is 4.40 Å². The summed E-state index contributed by atoms with van der Waals surface area (Å²) in [6.07, 6.45) is 0. The van der Waals surface area contributed by atoms with E-state index in [-0.39, 0.29) is 0 Å². The van der Waals surface area contributed by atoms with Crippen molar-refractivity contribution in [3.05, 3.63) is 34.2 Å². The number of nitrogens with zero attached hydrogens (tertiary/aromatic N) is 2. The van der Waals surface area contributed by atoms with Crippen molar-refractivity contribution in [2.45, 2.75) is 13.5 Å². The molecule has 0 fully saturated rings. The smallest absolute Gasteiger partial charge is 0.138 e. The molecular weight excluding hydrogens is 230 g/mol. The molecule has 2 aromatic rings. The van der Waals surface area contributed by atoms with E-state index >= 15 is 0 Å². The van der Waals surface area contributed by atoms with Gasteiger partial charge in [-0.15, -0.1) is 0 Å². The summed E-state index contributed by atoms with van der Waals surface area (Å²) in [4.78, 5) is 4.40. The van der Waals surface area contributed by atoms with E-state index < -0.39 is 0 Å². The zero-order valence-electron chi connectivity index (χ0n) is 7.29. The maximum absolute atomic E-state index is 5.57. The fraction of sp³-hybridized carbons (Fsp3) is 0.222. The quantitative estimate of drug-likeness (QED) is 0.773. The molecule has 0 unspecified atom stereocenters. The van der Waals surface area contributed by atoms with Crippen molar-refractivity contribution in [2.75, 3.05) is 0 Å². The average molecular weight is 240 g/mol. The summed E-state index contributed by atoms with van der Waals surface area (Å²) in [6, 6.07) is 5.92. The first-order chi connectivity index (χ1) is 6.24. The highest BCUT2D eigenvalue weighted by atomic mass is 79.9. The Labute approximate surface area is 84.7 Å². The van der Waals surface area contributed by atoms with Crippen molar-refractivity contribution in [1.29, 1.82) is 0 Å². The molecule has 3 nitrogen and oxygen atoms in total. The topological polar surface area (TPSA) is 43.3 Å². The van der Waals surface area contributed by atoms with Crippen molar-refractivity contribution in [3.8, 4) is 0 Å². The van der Waals surface area contributed by atoms with Gasteiger partial charge in [0.25, 0.3) is 0 Å². The second-order valence-corrected chi connectivity index (χ2v) is 3.70. The lowest BCUT2D eigenvalue weighted by atomic mass is 10.3. The van der Waals surface area contributed by atoms with Gasteiger partial charge in [-0.05, 0) is 35.0 Å². The number of nitrogens with two attached hydrogens (primary N) is 1. The van der Waals surface area contributed by atoms with Crippen LogP contribution in [0.5, 0.6) is 0 Å². The molecule has 0 radical (unpaired) electrons. The number of imidazole rings is 1. The normalized spacial score (nSPS) is 11.0. The van der Waals surface area contributed by atoms with E-state index in [1.165, 1.54) is 0 Å². The van der Waals surface area contributed by atoms with Gasteiger partial charge in [0.2, 0.25) is 0 Å². The van der Waals surface area contributed by atoms with Gasteiger partial charge in [-0.2, -0.15) is 0 Å². The number of rotatable bonds is 1. The summed E-state index contributed by atoms with van der Waals surface area (Å²) in [5.74, 6) is 0. The Hall–Kier alpha value is -0.870. The summed E-state index contributed by atoms with van der Waals surface area (Å²) >= 11 is 3.47. The van der Waals surface area contributed by atoms with E-state index in [0.717, 1.165) is 21.6 Å². The van der Waals surface area contributed by atoms with Crippen LogP contribution in [0.25, 0.3) is 5.65 Å². The molecule has 0 amide bonds. The SMILES string of the molecule is Cc1c(CN)nc2cccc(Br)n12. The van der Waals surface area contributed by atoms with Crippen molar-refractivity contribution < 1.29 is 0 Å². The molecule has 0 saturated heterocycles. The summed E-state index contributed by atoms with van der Waals surface area (Å²) in [6.45, 7) is 2.51. The van der Waals surface area contributed by atoms with Crippen LogP contribution in [0.15, 0.2) is 22.8 Å². The first-order valence-electron chi connectivity index (χ1n) is 4.06. The number of hydrogen-bond donors (Lipinski definition) is 1. The first kappa shape index (κ1) is 8.72. The van der Waals surface area contributed by atoms with Crippen LogP contribution in [0.1, 0.15) is 11.4 Å². The summed E-state index contributed by atoms with van der Waals surface area (Å²) in [5, 5.41) is 0. The highest BCUT2D eigenvalue weighted by Gasteiger charge is 2.07. The molecule has 13 heavy (non-hydrogen) atoms. The molecular formula is C9H10BrN3. The maximum atomic E-state index is 5.57. The van der Waals surface area contributed by atoms with Crippen molar-refractivity contribution >= 4 is 21.6 Å². The van der Waals surface area contributed by atoms with Crippen LogP contribution in [0.3, 0.4) is 0 Å². The lowest BCUT2D eigenvalue weighted by molar-refractivity contribution is 0.977. The molecule has 0 atom stereocenters. The predicted octanol–water partition coefficient (Wildman–Crippen LogP) is 1.86. The van der Waals surface area contributed by atoms with Crippen LogP contribution in [-0.2, 0) is 6.54 Å². The third kappa shape index (κ3) is 1.26. The zero-order valence-corrected chi connectivity index (χ0v) is 8.87. The van der Waals surface area contributed by atoms with Crippen LogP contribution in [0, 0.1) is 6.92 Å². The molecule has 68 valence electrons. The van der Waals surface area contributed by atoms with Crippen LogP contribution in [0.4, 0.5) is 0 Å². The second kappa shape index (κ2) is 3.12. The average Bonchev–Trinajstić information content (AvgIpc) is 2.44. The Morgan fingerprint density at radius 2 is 2.31 bits per heavy atom. The number of aryl methyl sites for hydroxylation is 1. The van der Waals surface area contributed by atoms with Gasteiger partial charge in [-0.25, -0.2) is 4.98 Å². The van der Waals surface area contributed by atoms with Crippen LogP contribution >= 0.6 is 15.9 Å². The van der Waals surface area contributed by atoms with Gasteiger partial charge in [0.15, 0.2) is 0 Å². The Bertz CT molecular complexity index is 447. The predicted molar refractivity (Wildman–Crippen MR) is 55.5 cm³/mol. The maximum Gasteiger partial charge on any atom is 0.138 e. The highest BCUT2D eigenvalue weighted by Crippen LogP contribution is 2.17. The minimum Gasteiger partial charge on any atom is -0.325 e. The second-order valence-electron chi connectivity index (χ2n) is 2.89. The van der Waals surface area contributed by atoms with Gasteiger partial charge in [0, 0.05) is 12.2 Å². The molecule has 0 saturated carbocycles. The third-order valence-electron chi connectivity index (χ3n) is 2.12. The van der Waals surface area contributed by atoms with E-state index in [0.29, 0.717) is 6.54 Å². The Balaban J connectivity index is 2.85. The fourth-order valence-corrected chi connectivity index (χ4v) is 2.03. The van der Waals surface area contributed by atoms with E-state index in [1.54, 1.807) is 0 Å². The van der Waals surface area contributed by atoms with Crippen molar-refractivity contribution in [2.24, 2.45) is 5.73 Å². The Morgan fingerprint density at radius 1 is 1.54 bits per heavy atom. The molecule has 2 N–H and O–H groups in total. The van der Waals surface area contributed by atoms with Crippen molar-refractivity contribution in [1.82, 2.24) is 9.38 Å². The lowest BCUT2D eigenvalue weighted by Gasteiger charge is -1.99. The zero-order chi connectivity index (χ0) is 9.42. The largest absolute Gasteiger partial charge is 0.325 e. The number of fused-ring (bicyclic) bond motifs is 1. The molecule has 0 aromatic carbocycles. The molecule has 0 bridgehead atoms. The fourth-order valence-electron chi connectivity index (χ4n) is 1.43. The molecule has 2 aromatic heterocycles. The van der Waals surface area contributed by atoms with E-state index in [4.69, 9.17) is 5.73 Å². The number of hydrogen-bond acceptors (Lipinski definition) is 2. The molecule has 0 aliphatic heterocycles. The summed E-state index contributed by atoms with van der Waals surface area (Å²) in [5.41, 5.74) is 8.56. The van der Waals surface area contributed by atoms with Gasteiger partial charge in [0.05, 0.1) is 10.3 Å². The number of halogens is 1. The molecule has 2 rings (SSSR count). The third-order valence-corrected chi connectivity index (χ3v) is 2.74. The van der Waals surface area contributed by atoms with Crippen LogP contribution < -0.4 is 5.73 Å². The summed E-state index contributed by atoms with van der Waals surface area (Å²) < 4.78 is 3.05. The monoisotopic (exact) mass is 239 g/mol. The van der Waals surface area contributed by atoms with Gasteiger partial charge in [-0.1, -0.05) is 6.07 Å². The van der Waals surface area contributed by atoms with Gasteiger partial charge < -0.3 is 5.73 Å². The Morgan fingerprint density at radius 3 is 2.92 bits per heavy atom. The van der Waals surface area contributed by atoms with Gasteiger partial charge >= 0.3 is 0 Å². The highest BCUT2D eigenvalue weighted by molar-refractivity contribution is 9.10. The Kier molecular flexibility index (Phi) is 2.09. The molecule has 0 aliphatic carbocycles. The molecule has 2 heterocycles. The number of pyridine rings is 1. The van der Waals surface area contributed by atoms with E-state index in [1.807, 2.05) is 29.5 Å². The van der Waals surface area contributed by atoms with Crippen molar-refractivity contribution in [3.63, 3.8) is 0 Å². The standard InChI is InChI=1S/C9H10BrN3/c1-6-7(5-11)12-9-4-2-3-8(10)13(6)9/h2-4H,5,11H2,1H3. The molecule has 0 aliphatic rings. The van der Waals surface area contributed by atoms with Crippen LogP contribution in [-0.4, -0.2) is 9.38 Å². The lowest BCUT2D eigenvalue weighted by Crippen LogP contribution is -1.99. The van der Waals surface area contributed by atoms with E-state index in [2.05, 4.69) is 20.9 Å². The first-order valence-corrected chi connectivity index (χ1v) is 4.86.